The number of aryl methyl sites for hydroxylation is 1. The molecular weight excluding hydrogens is 326 g/mol. The molecule has 1 fully saturated rings. The molecule has 0 saturated carbocycles. The number of piperidine rings is 1. The van der Waals surface area contributed by atoms with Crippen molar-refractivity contribution in [1.82, 2.24) is 14.7 Å². The molecule has 3 rings (SSSR count). The van der Waals surface area contributed by atoms with Crippen LogP contribution in [0.2, 0.25) is 0 Å². The van der Waals surface area contributed by atoms with Crippen LogP contribution in [0.3, 0.4) is 0 Å². The second-order valence-corrected chi connectivity index (χ2v) is 7.73. The Kier molecular flexibility index (Phi) is 5.77. The van der Waals surface area contributed by atoms with Crippen molar-refractivity contribution in [2.24, 2.45) is 18.9 Å². The van der Waals surface area contributed by atoms with Gasteiger partial charge in [0.1, 0.15) is 0 Å². The third-order valence-corrected chi connectivity index (χ3v) is 5.25. The summed E-state index contributed by atoms with van der Waals surface area (Å²) in [5, 5.41) is 14.8. The SMILES string of the molecule is CC(C)CC(O)C1CCN(C(=O)c2cc(-c3ccccc3)n(C)n2)CC1. The highest BCUT2D eigenvalue weighted by Gasteiger charge is 2.29. The fraction of sp³-hybridized carbons (Fsp3) is 0.524. The van der Waals surface area contributed by atoms with Crippen LogP contribution in [-0.4, -0.2) is 44.9 Å². The second kappa shape index (κ2) is 8.04. The summed E-state index contributed by atoms with van der Waals surface area (Å²) in [6.45, 7) is 5.65. The fourth-order valence-corrected chi connectivity index (χ4v) is 3.78. The van der Waals surface area contributed by atoms with E-state index in [1.54, 1.807) is 4.68 Å². The lowest BCUT2D eigenvalue weighted by molar-refractivity contribution is 0.0382. The Bertz CT molecular complexity index is 731. The molecule has 2 aromatic rings. The molecule has 1 amide bonds. The van der Waals surface area contributed by atoms with Gasteiger partial charge in [0.15, 0.2) is 5.69 Å². The predicted molar refractivity (Wildman–Crippen MR) is 103 cm³/mol. The van der Waals surface area contributed by atoms with Crippen LogP contribution in [0.1, 0.15) is 43.6 Å². The molecule has 0 spiro atoms. The first-order chi connectivity index (χ1) is 12.5. The van der Waals surface area contributed by atoms with E-state index in [1.807, 2.05) is 48.3 Å². The molecule has 1 saturated heterocycles. The third-order valence-electron chi connectivity index (χ3n) is 5.25. The van der Waals surface area contributed by atoms with E-state index < -0.39 is 0 Å². The van der Waals surface area contributed by atoms with Crippen molar-refractivity contribution in [3.05, 3.63) is 42.1 Å². The molecular formula is C21H29N3O2. The van der Waals surface area contributed by atoms with Gasteiger partial charge in [0.2, 0.25) is 0 Å². The van der Waals surface area contributed by atoms with E-state index in [2.05, 4.69) is 18.9 Å². The number of carbonyl (C=O) groups is 1. The molecule has 1 atom stereocenters. The number of benzene rings is 1. The number of hydrogen-bond acceptors (Lipinski definition) is 3. The summed E-state index contributed by atoms with van der Waals surface area (Å²) in [6, 6.07) is 11.9. The van der Waals surface area contributed by atoms with Gasteiger partial charge in [-0.15, -0.1) is 0 Å². The quantitative estimate of drug-likeness (QED) is 0.895. The Morgan fingerprint density at radius 1 is 1.23 bits per heavy atom. The monoisotopic (exact) mass is 355 g/mol. The highest BCUT2D eigenvalue weighted by Crippen LogP contribution is 2.26. The zero-order valence-electron chi connectivity index (χ0n) is 15.9. The molecule has 0 bridgehead atoms. The van der Waals surface area contributed by atoms with Gasteiger partial charge >= 0.3 is 0 Å². The first kappa shape index (κ1) is 18.6. The van der Waals surface area contributed by atoms with E-state index in [0.29, 0.717) is 30.6 Å². The molecule has 1 unspecified atom stereocenters. The van der Waals surface area contributed by atoms with Crippen molar-refractivity contribution >= 4 is 5.91 Å². The summed E-state index contributed by atoms with van der Waals surface area (Å²) in [5.74, 6) is 0.777. The van der Waals surface area contributed by atoms with Crippen LogP contribution in [0.5, 0.6) is 0 Å². The number of hydrogen-bond donors (Lipinski definition) is 1. The van der Waals surface area contributed by atoms with Crippen LogP contribution >= 0.6 is 0 Å². The van der Waals surface area contributed by atoms with Crippen LogP contribution < -0.4 is 0 Å². The standard InChI is InChI=1S/C21H29N3O2/c1-15(2)13-20(25)17-9-11-24(12-10-17)21(26)18-14-19(23(3)22-18)16-7-5-4-6-8-16/h4-8,14-15,17,20,25H,9-13H2,1-3H3. The molecule has 0 radical (unpaired) electrons. The number of rotatable bonds is 5. The third kappa shape index (κ3) is 4.15. The van der Waals surface area contributed by atoms with E-state index in [4.69, 9.17) is 0 Å². The molecule has 2 heterocycles. The summed E-state index contributed by atoms with van der Waals surface area (Å²) in [6.07, 6.45) is 2.29. The van der Waals surface area contributed by atoms with Gasteiger partial charge in [0.05, 0.1) is 11.8 Å². The van der Waals surface area contributed by atoms with E-state index in [0.717, 1.165) is 30.5 Å². The van der Waals surface area contributed by atoms with Crippen molar-refractivity contribution in [1.29, 1.82) is 0 Å². The summed E-state index contributed by atoms with van der Waals surface area (Å²) in [7, 11) is 1.87. The molecule has 26 heavy (non-hydrogen) atoms. The molecule has 1 aromatic heterocycles. The first-order valence-electron chi connectivity index (χ1n) is 9.52. The molecule has 1 aliphatic rings. The van der Waals surface area contributed by atoms with Gasteiger partial charge in [0, 0.05) is 20.1 Å². The van der Waals surface area contributed by atoms with E-state index in [-0.39, 0.29) is 12.0 Å². The van der Waals surface area contributed by atoms with Gasteiger partial charge in [-0.05, 0) is 42.7 Å². The van der Waals surface area contributed by atoms with Crippen molar-refractivity contribution in [3.63, 3.8) is 0 Å². The van der Waals surface area contributed by atoms with Crippen molar-refractivity contribution in [2.75, 3.05) is 13.1 Å². The first-order valence-corrected chi connectivity index (χ1v) is 9.52. The van der Waals surface area contributed by atoms with Gasteiger partial charge in [0.25, 0.3) is 5.91 Å². The Balaban J connectivity index is 1.64. The summed E-state index contributed by atoms with van der Waals surface area (Å²) in [5.41, 5.74) is 2.49. The van der Waals surface area contributed by atoms with Gasteiger partial charge in [-0.25, -0.2) is 0 Å². The molecule has 140 valence electrons. The summed E-state index contributed by atoms with van der Waals surface area (Å²) < 4.78 is 1.77. The number of amides is 1. The molecule has 5 heteroatoms. The second-order valence-electron chi connectivity index (χ2n) is 7.73. The number of likely N-dealkylation sites (tertiary alicyclic amines) is 1. The molecule has 1 aliphatic heterocycles. The number of nitrogens with zero attached hydrogens (tertiary/aromatic N) is 3. The maximum atomic E-state index is 12.8. The lowest BCUT2D eigenvalue weighted by Crippen LogP contribution is -2.41. The minimum atomic E-state index is -0.258. The van der Waals surface area contributed by atoms with Gasteiger partial charge in [-0.2, -0.15) is 5.10 Å². The zero-order valence-corrected chi connectivity index (χ0v) is 15.9. The number of aliphatic hydroxyl groups excluding tert-OH is 1. The zero-order chi connectivity index (χ0) is 18.7. The Labute approximate surface area is 155 Å². The van der Waals surface area contributed by atoms with E-state index in [9.17, 15) is 9.90 Å². The normalized spacial score (nSPS) is 16.9. The van der Waals surface area contributed by atoms with Crippen LogP contribution in [0.15, 0.2) is 36.4 Å². The topological polar surface area (TPSA) is 58.4 Å². The Morgan fingerprint density at radius 2 is 1.88 bits per heavy atom. The van der Waals surface area contributed by atoms with Crippen LogP contribution in [0.25, 0.3) is 11.3 Å². The fourth-order valence-electron chi connectivity index (χ4n) is 3.78. The maximum Gasteiger partial charge on any atom is 0.274 e. The number of aromatic nitrogens is 2. The van der Waals surface area contributed by atoms with Crippen LogP contribution in [0.4, 0.5) is 0 Å². The highest BCUT2D eigenvalue weighted by molar-refractivity contribution is 5.93. The van der Waals surface area contributed by atoms with Crippen LogP contribution in [0, 0.1) is 11.8 Å². The van der Waals surface area contributed by atoms with Gasteiger partial charge in [-0.3, -0.25) is 9.48 Å². The minimum absolute atomic E-state index is 0.0143. The lowest BCUT2D eigenvalue weighted by atomic mass is 9.87. The summed E-state index contributed by atoms with van der Waals surface area (Å²) in [4.78, 5) is 14.7. The smallest absolute Gasteiger partial charge is 0.274 e. The van der Waals surface area contributed by atoms with Gasteiger partial charge < -0.3 is 10.0 Å². The molecule has 1 N–H and O–H groups in total. The lowest BCUT2D eigenvalue weighted by Gasteiger charge is -2.34. The van der Waals surface area contributed by atoms with E-state index in [1.165, 1.54) is 0 Å². The predicted octanol–water partition coefficient (Wildman–Crippen LogP) is 3.35. The van der Waals surface area contributed by atoms with Crippen molar-refractivity contribution < 1.29 is 9.90 Å². The Morgan fingerprint density at radius 3 is 2.50 bits per heavy atom. The number of carbonyl (C=O) groups excluding carboxylic acids is 1. The van der Waals surface area contributed by atoms with Crippen molar-refractivity contribution in [3.8, 4) is 11.3 Å². The van der Waals surface area contributed by atoms with Crippen LogP contribution in [-0.2, 0) is 7.05 Å². The van der Waals surface area contributed by atoms with Crippen molar-refractivity contribution in [2.45, 2.75) is 39.2 Å². The minimum Gasteiger partial charge on any atom is -0.393 e. The van der Waals surface area contributed by atoms with Gasteiger partial charge in [-0.1, -0.05) is 44.2 Å². The molecule has 5 nitrogen and oxygen atoms in total. The highest BCUT2D eigenvalue weighted by atomic mass is 16.3. The average molecular weight is 355 g/mol. The Hall–Kier alpha value is -2.14. The molecule has 0 aliphatic carbocycles. The maximum absolute atomic E-state index is 12.8. The molecule has 1 aromatic carbocycles. The average Bonchev–Trinajstić information content (AvgIpc) is 3.03. The summed E-state index contributed by atoms with van der Waals surface area (Å²) >= 11 is 0. The number of aliphatic hydroxyl groups is 1. The van der Waals surface area contributed by atoms with E-state index >= 15 is 0 Å². The largest absolute Gasteiger partial charge is 0.393 e.